The van der Waals surface area contributed by atoms with Gasteiger partial charge < -0.3 is 10.3 Å². The largest absolute Gasteiger partial charge is 0.340 e. The molecule has 38 heavy (non-hydrogen) atoms. The number of benzene rings is 2. The highest BCUT2D eigenvalue weighted by Crippen LogP contribution is 2.30. The number of aromatic amines is 1. The number of hydrogen-bond acceptors (Lipinski definition) is 5. The number of pyridine rings is 2. The van der Waals surface area contributed by atoms with Gasteiger partial charge in [0.05, 0.1) is 17.9 Å². The zero-order valence-corrected chi connectivity index (χ0v) is 20.5. The van der Waals surface area contributed by atoms with Gasteiger partial charge in [0.25, 0.3) is 0 Å². The maximum absolute atomic E-state index is 13.9. The zero-order chi connectivity index (χ0) is 26.1. The van der Waals surface area contributed by atoms with Crippen LogP contribution in [0, 0.1) is 18.6 Å². The number of nitrogens with one attached hydrogen (secondary N) is 2. The molecule has 188 valence electrons. The molecule has 0 aliphatic heterocycles. The summed E-state index contributed by atoms with van der Waals surface area (Å²) < 4.78 is 29.0. The number of halogens is 2. The predicted molar refractivity (Wildman–Crippen MR) is 141 cm³/mol. The van der Waals surface area contributed by atoms with Gasteiger partial charge in [-0.15, -0.1) is 0 Å². The average Bonchev–Trinajstić information content (AvgIpc) is 3.57. The lowest BCUT2D eigenvalue weighted by molar-refractivity contribution is 0.509. The van der Waals surface area contributed by atoms with Crippen LogP contribution in [0.3, 0.4) is 0 Å². The minimum Gasteiger partial charge on any atom is -0.340 e. The third-order valence-corrected chi connectivity index (χ3v) is 6.30. The van der Waals surface area contributed by atoms with Crippen molar-refractivity contribution < 1.29 is 8.78 Å². The molecule has 0 saturated heterocycles. The Morgan fingerprint density at radius 3 is 2.61 bits per heavy atom. The molecule has 0 aliphatic carbocycles. The summed E-state index contributed by atoms with van der Waals surface area (Å²) in [6.45, 7) is 2.91. The molecule has 6 aromatic rings. The summed E-state index contributed by atoms with van der Waals surface area (Å²) in [5, 5.41) is 7.68. The van der Waals surface area contributed by atoms with E-state index in [9.17, 15) is 8.78 Å². The van der Waals surface area contributed by atoms with E-state index in [2.05, 4.69) is 25.4 Å². The lowest BCUT2D eigenvalue weighted by atomic mass is 9.99. The minimum absolute atomic E-state index is 0.455. The van der Waals surface area contributed by atoms with Gasteiger partial charge in [0, 0.05) is 24.0 Å². The van der Waals surface area contributed by atoms with Gasteiger partial charge in [0.2, 0.25) is 0 Å². The van der Waals surface area contributed by atoms with Crippen molar-refractivity contribution in [3.05, 3.63) is 114 Å². The van der Waals surface area contributed by atoms with E-state index in [1.807, 2.05) is 67.7 Å². The van der Waals surface area contributed by atoms with Crippen LogP contribution < -0.4 is 5.32 Å². The Bertz CT molecular complexity index is 1760. The number of aromatic nitrogens is 6. The maximum Gasteiger partial charge on any atom is 0.159 e. The van der Waals surface area contributed by atoms with Crippen LogP contribution in [0.1, 0.15) is 17.1 Å². The topological polar surface area (TPSA) is 83.8 Å². The van der Waals surface area contributed by atoms with E-state index in [1.165, 1.54) is 12.4 Å². The molecule has 0 atom stereocenters. The molecule has 0 bridgehead atoms. The van der Waals surface area contributed by atoms with Crippen molar-refractivity contribution in [2.45, 2.75) is 20.0 Å². The van der Waals surface area contributed by atoms with E-state index in [0.29, 0.717) is 18.7 Å². The normalized spacial score (nSPS) is 11.3. The van der Waals surface area contributed by atoms with Crippen LogP contribution in [0.25, 0.3) is 39.4 Å². The summed E-state index contributed by atoms with van der Waals surface area (Å²) in [7, 11) is 0. The van der Waals surface area contributed by atoms with Gasteiger partial charge in [-0.3, -0.25) is 4.98 Å². The first-order chi connectivity index (χ1) is 18.5. The van der Waals surface area contributed by atoms with Crippen molar-refractivity contribution in [2.75, 3.05) is 0 Å². The van der Waals surface area contributed by atoms with Crippen LogP contribution >= 0.6 is 0 Å². The van der Waals surface area contributed by atoms with Crippen LogP contribution in [0.4, 0.5) is 8.78 Å². The minimum atomic E-state index is -0.866. The number of rotatable bonds is 7. The smallest absolute Gasteiger partial charge is 0.159 e. The molecular weight excluding hydrogens is 484 g/mol. The van der Waals surface area contributed by atoms with E-state index < -0.39 is 11.6 Å². The SMILES string of the molecule is Cc1cccc(-c2nc(CNCc3ccccc3-c3ccc(F)c(F)c3)[nH]c2-c2ccc3ncnn3c2)n1. The first-order valence-electron chi connectivity index (χ1n) is 12.1. The molecule has 2 aromatic carbocycles. The summed E-state index contributed by atoms with van der Waals surface area (Å²) in [6, 6.07) is 21.4. The molecule has 0 fully saturated rings. The highest BCUT2D eigenvalue weighted by Gasteiger charge is 2.17. The molecular formula is C29H23F2N7. The molecule has 0 saturated carbocycles. The summed E-state index contributed by atoms with van der Waals surface area (Å²) in [5.74, 6) is -0.989. The van der Waals surface area contributed by atoms with Gasteiger partial charge in [0.15, 0.2) is 17.3 Å². The van der Waals surface area contributed by atoms with E-state index >= 15 is 0 Å². The van der Waals surface area contributed by atoms with Crippen molar-refractivity contribution >= 4 is 5.65 Å². The quantitative estimate of drug-likeness (QED) is 0.289. The fourth-order valence-electron chi connectivity index (χ4n) is 4.48. The molecule has 0 radical (unpaired) electrons. The molecule has 4 aromatic heterocycles. The van der Waals surface area contributed by atoms with Gasteiger partial charge in [-0.2, -0.15) is 5.10 Å². The summed E-state index contributed by atoms with van der Waals surface area (Å²) in [5.41, 5.74) is 7.33. The highest BCUT2D eigenvalue weighted by molar-refractivity contribution is 5.77. The molecule has 0 amide bonds. The number of fused-ring (bicyclic) bond motifs is 1. The number of imidazole rings is 1. The highest BCUT2D eigenvalue weighted by atomic mass is 19.2. The maximum atomic E-state index is 13.9. The number of hydrogen-bond donors (Lipinski definition) is 2. The predicted octanol–water partition coefficient (Wildman–Crippen LogP) is 5.72. The third-order valence-electron chi connectivity index (χ3n) is 6.30. The van der Waals surface area contributed by atoms with Crippen LogP contribution in [0.2, 0.25) is 0 Å². The van der Waals surface area contributed by atoms with Gasteiger partial charge in [-0.05, 0) is 60.0 Å². The zero-order valence-electron chi connectivity index (χ0n) is 20.5. The molecule has 0 unspecified atom stereocenters. The second-order valence-corrected chi connectivity index (χ2v) is 8.94. The number of nitrogens with zero attached hydrogens (tertiary/aromatic N) is 5. The lowest BCUT2D eigenvalue weighted by Crippen LogP contribution is -2.14. The van der Waals surface area contributed by atoms with Crippen LogP contribution in [-0.2, 0) is 13.1 Å². The van der Waals surface area contributed by atoms with E-state index in [1.54, 1.807) is 10.6 Å². The van der Waals surface area contributed by atoms with Crippen molar-refractivity contribution in [1.82, 2.24) is 34.9 Å². The monoisotopic (exact) mass is 507 g/mol. The Balaban J connectivity index is 1.28. The Labute approximate surface area is 217 Å². The van der Waals surface area contributed by atoms with Gasteiger partial charge in [-0.25, -0.2) is 23.3 Å². The molecule has 9 heteroatoms. The van der Waals surface area contributed by atoms with Gasteiger partial charge >= 0.3 is 0 Å². The molecule has 4 heterocycles. The Kier molecular flexibility index (Phi) is 6.19. The summed E-state index contributed by atoms with van der Waals surface area (Å²) in [4.78, 5) is 17.2. The van der Waals surface area contributed by atoms with Gasteiger partial charge in [-0.1, -0.05) is 36.4 Å². The Morgan fingerprint density at radius 2 is 1.74 bits per heavy atom. The molecule has 6 rings (SSSR count). The summed E-state index contributed by atoms with van der Waals surface area (Å²) in [6.07, 6.45) is 3.42. The fourth-order valence-corrected chi connectivity index (χ4v) is 4.48. The lowest BCUT2D eigenvalue weighted by Gasteiger charge is -2.11. The standard InChI is InChI=1S/C29H23F2N7/c1-18-5-4-8-25(35-18)29-28(21-10-12-27-33-17-34-38(27)16-21)36-26(37-29)15-32-14-20-6-2-3-7-22(20)19-9-11-23(30)24(31)13-19/h2-13,16-17,32H,14-15H2,1H3,(H,36,37). The molecule has 0 spiro atoms. The second-order valence-electron chi connectivity index (χ2n) is 8.94. The third kappa shape index (κ3) is 4.67. The van der Waals surface area contributed by atoms with E-state index in [0.717, 1.165) is 57.0 Å². The second kappa shape index (κ2) is 9.95. The Hall–Kier alpha value is -4.76. The number of H-pyrrole nitrogens is 1. The van der Waals surface area contributed by atoms with Crippen molar-refractivity contribution in [3.8, 4) is 33.8 Å². The number of aryl methyl sites for hydroxylation is 1. The molecule has 7 nitrogen and oxygen atoms in total. The summed E-state index contributed by atoms with van der Waals surface area (Å²) >= 11 is 0. The Morgan fingerprint density at radius 1 is 0.868 bits per heavy atom. The van der Waals surface area contributed by atoms with E-state index in [-0.39, 0.29) is 0 Å². The average molecular weight is 508 g/mol. The van der Waals surface area contributed by atoms with Crippen molar-refractivity contribution in [3.63, 3.8) is 0 Å². The van der Waals surface area contributed by atoms with Crippen molar-refractivity contribution in [1.29, 1.82) is 0 Å². The first-order valence-corrected chi connectivity index (χ1v) is 12.1. The van der Waals surface area contributed by atoms with E-state index in [4.69, 9.17) is 4.98 Å². The van der Waals surface area contributed by atoms with Crippen molar-refractivity contribution in [2.24, 2.45) is 0 Å². The van der Waals surface area contributed by atoms with Gasteiger partial charge in [0.1, 0.15) is 17.8 Å². The fraction of sp³-hybridized carbons (Fsp3) is 0.103. The molecule has 0 aliphatic rings. The molecule has 2 N–H and O–H groups in total. The van der Waals surface area contributed by atoms with Crippen LogP contribution in [-0.4, -0.2) is 29.5 Å². The van der Waals surface area contributed by atoms with Crippen LogP contribution in [0.15, 0.2) is 85.3 Å². The van der Waals surface area contributed by atoms with Crippen LogP contribution in [0.5, 0.6) is 0 Å². The first kappa shape index (κ1) is 23.6.